The summed E-state index contributed by atoms with van der Waals surface area (Å²) in [5.41, 5.74) is 4.94. The number of anilines is 1. The Morgan fingerprint density at radius 3 is 2.56 bits per heavy atom. The minimum Gasteiger partial charge on any atom is -0.444 e. The molecule has 0 spiro atoms. The fourth-order valence-electron chi connectivity index (χ4n) is 0.968. The summed E-state index contributed by atoms with van der Waals surface area (Å²) in [5, 5.41) is 11.2. The van der Waals surface area contributed by atoms with Crippen molar-refractivity contribution in [3.05, 3.63) is 5.01 Å². The maximum atomic E-state index is 11.4. The van der Waals surface area contributed by atoms with E-state index in [0.717, 1.165) is 0 Å². The van der Waals surface area contributed by atoms with E-state index in [4.69, 9.17) is 10.5 Å². The molecule has 1 rings (SSSR count). The molecule has 16 heavy (non-hydrogen) atoms. The van der Waals surface area contributed by atoms with Gasteiger partial charge in [-0.3, -0.25) is 0 Å². The lowest BCUT2D eigenvalue weighted by Crippen LogP contribution is -2.34. The summed E-state index contributed by atoms with van der Waals surface area (Å²) >= 11 is 1.24. The number of nitrogen functional groups attached to an aromatic ring is 1. The molecule has 0 fully saturated rings. The molecule has 0 aliphatic heterocycles. The zero-order chi connectivity index (χ0) is 12.3. The number of aromatic nitrogens is 2. The lowest BCUT2D eigenvalue weighted by atomic mass is 10.2. The summed E-state index contributed by atoms with van der Waals surface area (Å²) in [6.07, 6.45) is -0.478. The number of rotatable bonds is 2. The van der Waals surface area contributed by atoms with Gasteiger partial charge in [0.1, 0.15) is 10.6 Å². The van der Waals surface area contributed by atoms with Gasteiger partial charge in [-0.15, -0.1) is 10.2 Å². The zero-order valence-electron chi connectivity index (χ0n) is 9.77. The Bertz CT molecular complexity index is 372. The van der Waals surface area contributed by atoms with Gasteiger partial charge in [-0.25, -0.2) is 4.79 Å². The van der Waals surface area contributed by atoms with Crippen LogP contribution < -0.4 is 11.1 Å². The highest BCUT2D eigenvalue weighted by molar-refractivity contribution is 7.15. The van der Waals surface area contributed by atoms with Crippen LogP contribution in [0.2, 0.25) is 0 Å². The standard InChI is InChI=1S/C9H16N4O2S/c1-5(6-12-13-7(10)16-6)11-8(14)15-9(2,3)4/h5H,1-4H3,(H2,10,13)(H,11,14)/t5-/m0/s1. The van der Waals surface area contributed by atoms with Crippen LogP contribution in [-0.4, -0.2) is 21.9 Å². The number of hydrogen-bond donors (Lipinski definition) is 2. The molecule has 0 radical (unpaired) electrons. The highest BCUT2D eigenvalue weighted by Crippen LogP contribution is 2.19. The van der Waals surface area contributed by atoms with Crippen molar-refractivity contribution in [1.82, 2.24) is 15.5 Å². The summed E-state index contributed by atoms with van der Waals surface area (Å²) in [6, 6.07) is -0.260. The molecule has 0 aliphatic carbocycles. The molecule has 1 aromatic heterocycles. The minimum absolute atomic E-state index is 0.260. The normalized spacial score (nSPS) is 13.2. The number of ether oxygens (including phenoxy) is 1. The molecule has 0 aliphatic rings. The Labute approximate surface area is 98.2 Å². The molecule has 1 heterocycles. The van der Waals surface area contributed by atoms with E-state index in [1.54, 1.807) is 27.7 Å². The predicted octanol–water partition coefficient (Wildman–Crippen LogP) is 1.71. The van der Waals surface area contributed by atoms with Crippen molar-refractivity contribution in [2.24, 2.45) is 0 Å². The predicted molar refractivity (Wildman–Crippen MR) is 62.1 cm³/mol. The number of carbonyl (C=O) groups excluding carboxylic acids is 1. The first kappa shape index (κ1) is 12.7. The van der Waals surface area contributed by atoms with E-state index >= 15 is 0 Å². The van der Waals surface area contributed by atoms with Crippen LogP contribution in [-0.2, 0) is 4.74 Å². The number of carbonyl (C=O) groups is 1. The SMILES string of the molecule is C[C@H](NC(=O)OC(C)(C)C)c1nnc(N)s1. The molecule has 1 amide bonds. The molecule has 0 aromatic carbocycles. The third-order valence-corrected chi connectivity index (χ3v) is 2.50. The molecule has 90 valence electrons. The van der Waals surface area contributed by atoms with Crippen LogP contribution in [0, 0.1) is 0 Å². The molecule has 7 heteroatoms. The van der Waals surface area contributed by atoms with Crippen molar-refractivity contribution in [2.75, 3.05) is 5.73 Å². The van der Waals surface area contributed by atoms with E-state index in [-0.39, 0.29) is 6.04 Å². The van der Waals surface area contributed by atoms with E-state index in [1.165, 1.54) is 11.3 Å². The van der Waals surface area contributed by atoms with Gasteiger partial charge in [0.25, 0.3) is 0 Å². The average molecular weight is 244 g/mol. The molecule has 0 bridgehead atoms. The van der Waals surface area contributed by atoms with Crippen LogP contribution in [0.5, 0.6) is 0 Å². The van der Waals surface area contributed by atoms with Crippen LogP contribution >= 0.6 is 11.3 Å². The molecule has 3 N–H and O–H groups in total. The van der Waals surface area contributed by atoms with Gasteiger partial charge < -0.3 is 15.8 Å². The van der Waals surface area contributed by atoms with Crippen LogP contribution in [0.4, 0.5) is 9.93 Å². The van der Waals surface area contributed by atoms with Gasteiger partial charge in [0.15, 0.2) is 0 Å². The van der Waals surface area contributed by atoms with Crippen molar-refractivity contribution in [2.45, 2.75) is 39.3 Å². The number of alkyl carbamates (subject to hydrolysis) is 1. The van der Waals surface area contributed by atoms with Gasteiger partial charge >= 0.3 is 6.09 Å². The van der Waals surface area contributed by atoms with E-state index in [1.807, 2.05) is 0 Å². The zero-order valence-corrected chi connectivity index (χ0v) is 10.6. The van der Waals surface area contributed by atoms with E-state index in [0.29, 0.717) is 10.1 Å². The van der Waals surface area contributed by atoms with Gasteiger partial charge in [0.2, 0.25) is 5.13 Å². The van der Waals surface area contributed by atoms with Gasteiger partial charge in [-0.1, -0.05) is 11.3 Å². The monoisotopic (exact) mass is 244 g/mol. The smallest absolute Gasteiger partial charge is 0.408 e. The first-order chi connectivity index (χ1) is 7.28. The largest absolute Gasteiger partial charge is 0.444 e. The number of nitrogens with two attached hydrogens (primary N) is 1. The Morgan fingerprint density at radius 1 is 1.50 bits per heavy atom. The summed E-state index contributed by atoms with van der Waals surface area (Å²) < 4.78 is 5.11. The number of nitrogens with zero attached hydrogens (tertiary/aromatic N) is 2. The van der Waals surface area contributed by atoms with Crippen LogP contribution in [0.15, 0.2) is 0 Å². The van der Waals surface area contributed by atoms with E-state index < -0.39 is 11.7 Å². The van der Waals surface area contributed by atoms with E-state index in [2.05, 4.69) is 15.5 Å². The highest BCUT2D eigenvalue weighted by Gasteiger charge is 2.19. The minimum atomic E-state index is -0.510. The fraction of sp³-hybridized carbons (Fsp3) is 0.667. The fourth-order valence-corrected chi connectivity index (χ4v) is 1.58. The van der Waals surface area contributed by atoms with Crippen molar-refractivity contribution >= 4 is 22.6 Å². The Hall–Kier alpha value is -1.37. The Balaban J connectivity index is 2.52. The van der Waals surface area contributed by atoms with Gasteiger partial charge in [-0.05, 0) is 27.7 Å². The first-order valence-corrected chi connectivity index (χ1v) is 5.68. The first-order valence-electron chi connectivity index (χ1n) is 4.86. The maximum absolute atomic E-state index is 11.4. The second kappa shape index (κ2) is 4.65. The topological polar surface area (TPSA) is 90.1 Å². The molecule has 1 atom stereocenters. The third kappa shape index (κ3) is 4.01. The molecule has 0 saturated carbocycles. The molecule has 0 unspecified atom stereocenters. The number of amides is 1. The van der Waals surface area contributed by atoms with Gasteiger partial charge in [-0.2, -0.15) is 0 Å². The van der Waals surface area contributed by atoms with Crippen molar-refractivity contribution < 1.29 is 9.53 Å². The Kier molecular flexibility index (Phi) is 3.69. The van der Waals surface area contributed by atoms with Crippen molar-refractivity contribution in [3.8, 4) is 0 Å². The lowest BCUT2D eigenvalue weighted by molar-refractivity contribution is 0.0508. The molecular formula is C9H16N4O2S. The quantitative estimate of drug-likeness (QED) is 0.826. The average Bonchev–Trinajstić information content (AvgIpc) is 2.47. The van der Waals surface area contributed by atoms with Crippen molar-refractivity contribution in [3.63, 3.8) is 0 Å². The summed E-state index contributed by atoms with van der Waals surface area (Å²) in [4.78, 5) is 11.4. The van der Waals surface area contributed by atoms with Gasteiger partial charge in [0.05, 0.1) is 6.04 Å². The Morgan fingerprint density at radius 2 is 2.12 bits per heavy atom. The van der Waals surface area contributed by atoms with Crippen molar-refractivity contribution in [1.29, 1.82) is 0 Å². The molecule has 1 aromatic rings. The van der Waals surface area contributed by atoms with Crippen LogP contribution in [0.3, 0.4) is 0 Å². The third-order valence-electron chi connectivity index (χ3n) is 1.56. The second-order valence-corrected chi connectivity index (χ2v) is 5.39. The number of hydrogen-bond acceptors (Lipinski definition) is 6. The lowest BCUT2D eigenvalue weighted by Gasteiger charge is -2.21. The molecule has 0 saturated heterocycles. The summed E-state index contributed by atoms with van der Waals surface area (Å²) in [5.74, 6) is 0. The van der Waals surface area contributed by atoms with Crippen LogP contribution in [0.25, 0.3) is 0 Å². The number of nitrogens with one attached hydrogen (secondary N) is 1. The van der Waals surface area contributed by atoms with E-state index in [9.17, 15) is 4.79 Å². The maximum Gasteiger partial charge on any atom is 0.408 e. The summed E-state index contributed by atoms with van der Waals surface area (Å²) in [6.45, 7) is 7.21. The van der Waals surface area contributed by atoms with Gasteiger partial charge in [0, 0.05) is 0 Å². The summed E-state index contributed by atoms with van der Waals surface area (Å²) in [7, 11) is 0. The molecule has 6 nitrogen and oxygen atoms in total. The second-order valence-electron chi connectivity index (χ2n) is 4.35. The van der Waals surface area contributed by atoms with Crippen LogP contribution in [0.1, 0.15) is 38.7 Å². The molecular weight excluding hydrogens is 228 g/mol. The highest BCUT2D eigenvalue weighted by atomic mass is 32.1.